The van der Waals surface area contributed by atoms with E-state index in [1.54, 1.807) is 0 Å². The Hall–Kier alpha value is -1.61. The number of nitrogens with two attached hydrogens (primary N) is 1. The van der Waals surface area contributed by atoms with Crippen LogP contribution in [0.2, 0.25) is 0 Å². The van der Waals surface area contributed by atoms with Gasteiger partial charge in [0.1, 0.15) is 0 Å². The second-order valence-electron chi connectivity index (χ2n) is 5.40. The van der Waals surface area contributed by atoms with E-state index >= 15 is 0 Å². The van der Waals surface area contributed by atoms with Crippen molar-refractivity contribution >= 4 is 0 Å². The van der Waals surface area contributed by atoms with E-state index in [9.17, 15) is 0 Å². The lowest BCUT2D eigenvalue weighted by Crippen LogP contribution is -2.08. The van der Waals surface area contributed by atoms with Crippen molar-refractivity contribution < 1.29 is 0 Å². The van der Waals surface area contributed by atoms with E-state index in [1.807, 2.05) is 17.9 Å². The molecule has 0 aliphatic heterocycles. The maximum Gasteiger partial charge on any atom is 0.0571 e. The van der Waals surface area contributed by atoms with Crippen LogP contribution in [0.25, 0.3) is 11.1 Å². The van der Waals surface area contributed by atoms with Crippen molar-refractivity contribution in [3.63, 3.8) is 0 Å². The molecule has 0 fully saturated rings. The highest BCUT2D eigenvalue weighted by Gasteiger charge is 2.13. The highest BCUT2D eigenvalue weighted by Crippen LogP contribution is 2.29. The summed E-state index contributed by atoms with van der Waals surface area (Å²) in [6, 6.07) is 6.70. The summed E-state index contributed by atoms with van der Waals surface area (Å²) in [5, 5.41) is 4.39. The minimum Gasteiger partial charge on any atom is -0.330 e. The zero-order chi connectivity index (χ0) is 14.0. The number of aryl methyl sites for hydroxylation is 2. The maximum absolute atomic E-state index is 5.71. The molecule has 0 radical (unpaired) electrons. The predicted octanol–water partition coefficient (Wildman–Crippen LogP) is 3.02. The Morgan fingerprint density at radius 3 is 2.63 bits per heavy atom. The van der Waals surface area contributed by atoms with Gasteiger partial charge in [0.15, 0.2) is 0 Å². The van der Waals surface area contributed by atoms with Crippen molar-refractivity contribution in [2.45, 2.75) is 33.1 Å². The van der Waals surface area contributed by atoms with Gasteiger partial charge in [-0.1, -0.05) is 32.0 Å². The molecule has 0 saturated carbocycles. The van der Waals surface area contributed by atoms with Crippen LogP contribution in [0.3, 0.4) is 0 Å². The topological polar surface area (TPSA) is 43.8 Å². The van der Waals surface area contributed by atoms with Crippen LogP contribution in [0.4, 0.5) is 0 Å². The predicted molar refractivity (Wildman–Crippen MR) is 80.2 cm³/mol. The van der Waals surface area contributed by atoms with Gasteiger partial charge < -0.3 is 5.73 Å². The van der Waals surface area contributed by atoms with Crippen molar-refractivity contribution in [3.8, 4) is 11.1 Å². The molecule has 19 heavy (non-hydrogen) atoms. The Morgan fingerprint density at radius 1 is 1.26 bits per heavy atom. The van der Waals surface area contributed by atoms with Gasteiger partial charge in [-0.15, -0.1) is 0 Å². The molecule has 3 heteroatoms. The fourth-order valence-corrected chi connectivity index (χ4v) is 2.41. The van der Waals surface area contributed by atoms with Crippen LogP contribution < -0.4 is 5.73 Å². The summed E-state index contributed by atoms with van der Waals surface area (Å²) < 4.78 is 1.93. The maximum atomic E-state index is 5.71. The molecule has 2 N–H and O–H groups in total. The summed E-state index contributed by atoms with van der Waals surface area (Å²) in [5.41, 5.74) is 12.1. The molecule has 102 valence electrons. The molecule has 3 nitrogen and oxygen atoms in total. The number of benzene rings is 1. The number of aromatic nitrogens is 2. The molecule has 0 saturated heterocycles. The molecule has 0 unspecified atom stereocenters. The molecule has 0 amide bonds. The molecule has 1 aromatic carbocycles. The molecule has 2 aromatic rings. The monoisotopic (exact) mass is 257 g/mol. The first-order chi connectivity index (χ1) is 9.04. The van der Waals surface area contributed by atoms with Gasteiger partial charge in [-0.3, -0.25) is 4.68 Å². The third-order valence-corrected chi connectivity index (χ3v) is 3.66. The van der Waals surface area contributed by atoms with E-state index in [4.69, 9.17) is 5.73 Å². The molecular formula is C16H23N3. The minimum absolute atomic E-state index is 0.536. The van der Waals surface area contributed by atoms with Crippen molar-refractivity contribution in [2.24, 2.45) is 12.8 Å². The molecule has 0 bridgehead atoms. The molecule has 0 aliphatic rings. The molecular weight excluding hydrogens is 234 g/mol. The molecule has 1 aromatic heterocycles. The molecule has 1 heterocycles. The third-order valence-electron chi connectivity index (χ3n) is 3.66. The number of nitrogens with zero attached hydrogens (tertiary/aromatic N) is 2. The van der Waals surface area contributed by atoms with Gasteiger partial charge in [0.05, 0.1) is 6.20 Å². The van der Waals surface area contributed by atoms with Gasteiger partial charge >= 0.3 is 0 Å². The summed E-state index contributed by atoms with van der Waals surface area (Å²) in [7, 11) is 1.98. The number of hydrogen-bond donors (Lipinski definition) is 1. The molecule has 0 atom stereocenters. The van der Waals surface area contributed by atoms with E-state index in [0.29, 0.717) is 12.5 Å². The normalized spacial score (nSPS) is 11.3. The average Bonchev–Trinajstić information content (AvgIpc) is 2.72. The van der Waals surface area contributed by atoms with E-state index in [-0.39, 0.29) is 0 Å². The van der Waals surface area contributed by atoms with Crippen LogP contribution in [-0.2, 0) is 13.5 Å². The van der Waals surface area contributed by atoms with Crippen LogP contribution in [0.15, 0.2) is 24.4 Å². The van der Waals surface area contributed by atoms with Gasteiger partial charge in [-0.2, -0.15) is 5.10 Å². The highest BCUT2D eigenvalue weighted by atomic mass is 15.3. The Morgan fingerprint density at radius 2 is 2.00 bits per heavy atom. The lowest BCUT2D eigenvalue weighted by atomic mass is 9.93. The van der Waals surface area contributed by atoms with E-state index in [2.05, 4.69) is 44.1 Å². The van der Waals surface area contributed by atoms with Crippen LogP contribution in [0.5, 0.6) is 0 Å². The largest absolute Gasteiger partial charge is 0.330 e. The quantitative estimate of drug-likeness (QED) is 0.915. The highest BCUT2D eigenvalue weighted by molar-refractivity contribution is 5.70. The molecule has 0 aliphatic carbocycles. The van der Waals surface area contributed by atoms with Crippen molar-refractivity contribution in [3.05, 3.63) is 41.2 Å². The number of hydrogen-bond acceptors (Lipinski definition) is 2. The second kappa shape index (κ2) is 5.57. The SMILES string of the molecule is Cc1ccc(C(C)C)cc1-c1cnn(C)c1CCN. The van der Waals surface area contributed by atoms with E-state index in [0.717, 1.165) is 6.42 Å². The summed E-state index contributed by atoms with van der Waals surface area (Å²) in [4.78, 5) is 0. The summed E-state index contributed by atoms with van der Waals surface area (Å²) >= 11 is 0. The van der Waals surface area contributed by atoms with E-state index < -0.39 is 0 Å². The lowest BCUT2D eigenvalue weighted by Gasteiger charge is -2.12. The fraction of sp³-hybridized carbons (Fsp3) is 0.438. The van der Waals surface area contributed by atoms with Crippen LogP contribution >= 0.6 is 0 Å². The average molecular weight is 257 g/mol. The zero-order valence-corrected chi connectivity index (χ0v) is 12.3. The van der Waals surface area contributed by atoms with Gasteiger partial charge in [0, 0.05) is 24.7 Å². The van der Waals surface area contributed by atoms with Gasteiger partial charge in [0.2, 0.25) is 0 Å². The smallest absolute Gasteiger partial charge is 0.0571 e. The zero-order valence-electron chi connectivity index (χ0n) is 12.3. The van der Waals surface area contributed by atoms with Gasteiger partial charge in [-0.05, 0) is 36.1 Å². The Kier molecular flexibility index (Phi) is 4.05. The van der Waals surface area contributed by atoms with E-state index in [1.165, 1.54) is 27.9 Å². The third kappa shape index (κ3) is 2.71. The first-order valence-electron chi connectivity index (χ1n) is 6.86. The first-order valence-corrected chi connectivity index (χ1v) is 6.86. The lowest BCUT2D eigenvalue weighted by molar-refractivity contribution is 0.707. The first kappa shape index (κ1) is 13.8. The van der Waals surface area contributed by atoms with Crippen LogP contribution in [0, 0.1) is 6.92 Å². The summed E-state index contributed by atoms with van der Waals surface area (Å²) in [6.45, 7) is 7.24. The van der Waals surface area contributed by atoms with Crippen LogP contribution in [0.1, 0.15) is 36.6 Å². The molecule has 0 spiro atoms. The standard InChI is InChI=1S/C16H23N3/c1-11(2)13-6-5-12(3)14(9-13)15-10-18-19(4)16(15)7-8-17/h5-6,9-11H,7-8,17H2,1-4H3. The fourth-order valence-electron chi connectivity index (χ4n) is 2.41. The summed E-state index contributed by atoms with van der Waals surface area (Å²) in [6.07, 6.45) is 2.81. The van der Waals surface area contributed by atoms with Gasteiger partial charge in [-0.25, -0.2) is 0 Å². The Bertz CT molecular complexity index is 567. The second-order valence-corrected chi connectivity index (χ2v) is 5.40. The number of rotatable bonds is 4. The summed E-state index contributed by atoms with van der Waals surface area (Å²) in [5.74, 6) is 0.536. The molecule has 2 rings (SSSR count). The van der Waals surface area contributed by atoms with Gasteiger partial charge in [0.25, 0.3) is 0 Å². The Balaban J connectivity index is 2.55. The van der Waals surface area contributed by atoms with Crippen molar-refractivity contribution in [1.29, 1.82) is 0 Å². The van der Waals surface area contributed by atoms with Crippen molar-refractivity contribution in [2.75, 3.05) is 6.54 Å². The van der Waals surface area contributed by atoms with Crippen molar-refractivity contribution in [1.82, 2.24) is 9.78 Å². The Labute approximate surface area is 115 Å². The minimum atomic E-state index is 0.536. The van der Waals surface area contributed by atoms with Crippen LogP contribution in [-0.4, -0.2) is 16.3 Å².